The van der Waals surface area contributed by atoms with Crippen molar-refractivity contribution in [2.45, 2.75) is 19.9 Å². The van der Waals surface area contributed by atoms with Crippen molar-refractivity contribution < 1.29 is 13.2 Å². The zero-order valence-corrected chi connectivity index (χ0v) is 14.2. The van der Waals surface area contributed by atoms with Gasteiger partial charge in [0.2, 0.25) is 10.0 Å². The normalized spacial score (nSPS) is 11.2. The van der Waals surface area contributed by atoms with E-state index in [0.29, 0.717) is 22.8 Å². The first-order chi connectivity index (χ1) is 10.9. The molecule has 0 aliphatic rings. The van der Waals surface area contributed by atoms with Crippen LogP contribution in [0.4, 0.5) is 11.4 Å². The molecule has 0 atom stereocenters. The van der Waals surface area contributed by atoms with Gasteiger partial charge >= 0.3 is 0 Å². The minimum absolute atomic E-state index is 0.0459. The van der Waals surface area contributed by atoms with Crippen LogP contribution >= 0.6 is 11.3 Å². The Bertz CT molecular complexity index is 787. The van der Waals surface area contributed by atoms with E-state index in [2.05, 4.69) is 15.0 Å². The van der Waals surface area contributed by atoms with Gasteiger partial charge in [-0.1, -0.05) is 13.0 Å². The molecule has 1 heterocycles. The highest BCUT2D eigenvalue weighted by Gasteiger charge is 2.12. The summed E-state index contributed by atoms with van der Waals surface area (Å²) in [6, 6.07) is 6.51. The van der Waals surface area contributed by atoms with Crippen molar-refractivity contribution in [3.8, 4) is 0 Å². The van der Waals surface area contributed by atoms with Crippen LogP contribution in [0.15, 0.2) is 29.6 Å². The maximum atomic E-state index is 12.1. The number of carbonyl (C=O) groups excluding carboxylic acids is 1. The first-order valence-corrected chi connectivity index (χ1v) is 9.53. The van der Waals surface area contributed by atoms with Crippen LogP contribution in [0.25, 0.3) is 0 Å². The Morgan fingerprint density at radius 2 is 2.09 bits per heavy atom. The highest BCUT2D eigenvalue weighted by Crippen LogP contribution is 2.18. The molecule has 1 aromatic carbocycles. The third-order valence-corrected chi connectivity index (χ3v) is 5.19. The molecular formula is C14H18N4O3S2. The Balaban J connectivity index is 2.09. The lowest BCUT2D eigenvalue weighted by Crippen LogP contribution is -2.16. The second-order valence-electron chi connectivity index (χ2n) is 4.79. The lowest BCUT2D eigenvalue weighted by Gasteiger charge is -2.09. The summed E-state index contributed by atoms with van der Waals surface area (Å²) in [6.07, 6.45) is 0.527. The number of sulfonamides is 1. The van der Waals surface area contributed by atoms with Gasteiger partial charge in [-0.3, -0.25) is 9.52 Å². The Morgan fingerprint density at radius 3 is 2.74 bits per heavy atom. The van der Waals surface area contributed by atoms with Gasteiger partial charge in [0.05, 0.1) is 11.4 Å². The average molecular weight is 354 g/mol. The monoisotopic (exact) mass is 354 g/mol. The fraction of sp³-hybridized carbons (Fsp3) is 0.286. The van der Waals surface area contributed by atoms with Gasteiger partial charge in [0.1, 0.15) is 10.7 Å². The number of thiazole rings is 1. The topological polar surface area (TPSA) is 114 Å². The van der Waals surface area contributed by atoms with E-state index in [9.17, 15) is 13.2 Å². The summed E-state index contributed by atoms with van der Waals surface area (Å²) in [5.41, 5.74) is 6.64. The number of anilines is 2. The summed E-state index contributed by atoms with van der Waals surface area (Å²) in [5, 5.41) is 4.99. The van der Waals surface area contributed by atoms with E-state index in [4.69, 9.17) is 5.73 Å². The molecule has 0 aliphatic heterocycles. The fourth-order valence-electron chi connectivity index (χ4n) is 1.86. The van der Waals surface area contributed by atoms with E-state index in [1.54, 1.807) is 36.6 Å². The molecule has 9 heteroatoms. The van der Waals surface area contributed by atoms with Crippen LogP contribution in [0.1, 0.15) is 28.8 Å². The van der Waals surface area contributed by atoms with Crippen molar-refractivity contribution in [3.63, 3.8) is 0 Å². The third-order valence-electron chi connectivity index (χ3n) is 2.83. The van der Waals surface area contributed by atoms with Crippen molar-refractivity contribution >= 4 is 38.6 Å². The second-order valence-corrected chi connectivity index (χ2v) is 7.57. The minimum Gasteiger partial charge on any atom is -0.325 e. The molecular weight excluding hydrogens is 336 g/mol. The highest BCUT2D eigenvalue weighted by atomic mass is 32.2. The zero-order valence-electron chi connectivity index (χ0n) is 12.6. The number of rotatable bonds is 7. The molecule has 0 aliphatic carbocycles. The van der Waals surface area contributed by atoms with Gasteiger partial charge in [0.15, 0.2) is 0 Å². The van der Waals surface area contributed by atoms with Gasteiger partial charge in [0.25, 0.3) is 5.91 Å². The van der Waals surface area contributed by atoms with Crippen LogP contribution < -0.4 is 15.8 Å². The van der Waals surface area contributed by atoms with E-state index in [1.165, 1.54) is 11.3 Å². The Labute approximate surface area is 139 Å². The predicted octanol–water partition coefficient (Wildman–Crippen LogP) is 2.01. The first kappa shape index (κ1) is 17.4. The van der Waals surface area contributed by atoms with Gasteiger partial charge in [-0.25, -0.2) is 13.4 Å². The number of nitrogens with zero attached hydrogens (tertiary/aromatic N) is 1. The lowest BCUT2D eigenvalue weighted by atomic mass is 10.3. The molecule has 0 bridgehead atoms. The Morgan fingerprint density at radius 1 is 1.35 bits per heavy atom. The largest absolute Gasteiger partial charge is 0.325 e. The van der Waals surface area contributed by atoms with E-state index in [1.807, 2.05) is 0 Å². The summed E-state index contributed by atoms with van der Waals surface area (Å²) >= 11 is 1.32. The minimum atomic E-state index is -3.37. The molecule has 1 amide bonds. The molecule has 2 rings (SSSR count). The molecule has 1 aromatic heterocycles. The molecule has 23 heavy (non-hydrogen) atoms. The average Bonchev–Trinajstić information content (AvgIpc) is 2.96. The van der Waals surface area contributed by atoms with Gasteiger partial charge in [-0.2, -0.15) is 0 Å². The maximum absolute atomic E-state index is 12.1. The first-order valence-electron chi connectivity index (χ1n) is 7.00. The standard InChI is InChI=1S/C14H18N4O3S2/c1-2-6-23(20,21)18-11-5-3-4-10(7-11)16-14(19)12-9-22-13(8-15)17-12/h3-5,7,9,18H,2,6,8,15H2,1H3,(H,16,19). The van der Waals surface area contributed by atoms with Crippen LogP contribution in [0.3, 0.4) is 0 Å². The van der Waals surface area contributed by atoms with E-state index in [0.717, 1.165) is 0 Å². The molecule has 0 radical (unpaired) electrons. The number of carbonyl (C=O) groups is 1. The number of nitrogens with one attached hydrogen (secondary N) is 2. The molecule has 0 spiro atoms. The summed E-state index contributed by atoms with van der Waals surface area (Å²) < 4.78 is 26.0. The smallest absolute Gasteiger partial charge is 0.275 e. The molecule has 0 saturated carbocycles. The van der Waals surface area contributed by atoms with Crippen LogP contribution in [-0.2, 0) is 16.6 Å². The summed E-state index contributed by atoms with van der Waals surface area (Å²) in [4.78, 5) is 16.2. The molecule has 0 fully saturated rings. The van der Waals surface area contributed by atoms with Crippen molar-refractivity contribution in [2.24, 2.45) is 5.73 Å². The van der Waals surface area contributed by atoms with Gasteiger partial charge < -0.3 is 11.1 Å². The Hall–Kier alpha value is -1.97. The number of nitrogens with two attached hydrogens (primary N) is 1. The van der Waals surface area contributed by atoms with Crippen LogP contribution in [0.2, 0.25) is 0 Å². The van der Waals surface area contributed by atoms with Crippen molar-refractivity contribution in [2.75, 3.05) is 15.8 Å². The van der Waals surface area contributed by atoms with Gasteiger partial charge in [-0.15, -0.1) is 11.3 Å². The quantitative estimate of drug-likeness (QED) is 0.703. The van der Waals surface area contributed by atoms with Crippen molar-refractivity contribution in [1.29, 1.82) is 0 Å². The molecule has 0 unspecified atom stereocenters. The third kappa shape index (κ3) is 5.02. The summed E-state index contributed by atoms with van der Waals surface area (Å²) in [5.74, 6) is -0.320. The van der Waals surface area contributed by atoms with E-state index in [-0.39, 0.29) is 23.9 Å². The number of hydrogen-bond acceptors (Lipinski definition) is 6. The number of amides is 1. The van der Waals surface area contributed by atoms with Crippen molar-refractivity contribution in [1.82, 2.24) is 4.98 Å². The highest BCUT2D eigenvalue weighted by molar-refractivity contribution is 7.92. The molecule has 7 nitrogen and oxygen atoms in total. The predicted molar refractivity (Wildman–Crippen MR) is 92.1 cm³/mol. The van der Waals surface area contributed by atoms with Crippen LogP contribution in [0.5, 0.6) is 0 Å². The molecule has 124 valence electrons. The molecule has 4 N–H and O–H groups in total. The van der Waals surface area contributed by atoms with Crippen molar-refractivity contribution in [3.05, 3.63) is 40.3 Å². The number of benzene rings is 1. The number of hydrogen-bond donors (Lipinski definition) is 3. The van der Waals surface area contributed by atoms with Gasteiger partial charge in [-0.05, 0) is 24.6 Å². The second kappa shape index (κ2) is 7.53. The lowest BCUT2D eigenvalue weighted by molar-refractivity contribution is 0.102. The summed E-state index contributed by atoms with van der Waals surface area (Å²) in [7, 11) is -3.37. The molecule has 0 saturated heterocycles. The Kier molecular flexibility index (Phi) is 5.69. The number of aromatic nitrogens is 1. The van der Waals surface area contributed by atoms with E-state index < -0.39 is 10.0 Å². The maximum Gasteiger partial charge on any atom is 0.275 e. The van der Waals surface area contributed by atoms with Crippen LogP contribution in [0, 0.1) is 0 Å². The van der Waals surface area contributed by atoms with Crippen LogP contribution in [-0.4, -0.2) is 25.1 Å². The fourth-order valence-corrected chi connectivity index (χ4v) is 3.64. The van der Waals surface area contributed by atoms with E-state index >= 15 is 0 Å². The molecule has 2 aromatic rings. The van der Waals surface area contributed by atoms with Gasteiger partial charge in [0, 0.05) is 17.6 Å². The zero-order chi connectivity index (χ0) is 16.9. The summed E-state index contributed by atoms with van der Waals surface area (Å²) in [6.45, 7) is 2.08. The SMILES string of the molecule is CCCS(=O)(=O)Nc1cccc(NC(=O)c2csc(CN)n2)c1.